The molecule has 1 N–H and O–H groups in total. The van der Waals surface area contributed by atoms with E-state index in [1.807, 2.05) is 34.6 Å². The fraction of sp³-hybridized carbons (Fsp3) is 0.818. The van der Waals surface area contributed by atoms with E-state index in [0.717, 1.165) is 0 Å². The molecular weight excluding hydrogens is 220 g/mol. The number of tetrazole rings is 1. The zero-order valence-electron chi connectivity index (χ0n) is 10.8. The van der Waals surface area contributed by atoms with Crippen LogP contribution >= 0.6 is 0 Å². The van der Waals surface area contributed by atoms with E-state index < -0.39 is 11.9 Å². The molecule has 0 radical (unpaired) electrons. The summed E-state index contributed by atoms with van der Waals surface area (Å²) in [6.07, 6.45) is 0. The first-order valence-electron chi connectivity index (χ1n) is 5.69. The van der Waals surface area contributed by atoms with Crippen LogP contribution in [0.25, 0.3) is 0 Å². The molecule has 2 rings (SSSR count). The number of aromatic nitrogens is 4. The van der Waals surface area contributed by atoms with Gasteiger partial charge in [0, 0.05) is 5.92 Å². The van der Waals surface area contributed by atoms with Crippen LogP contribution in [0.4, 0.5) is 0 Å². The highest BCUT2D eigenvalue weighted by Gasteiger charge is 2.65. The lowest BCUT2D eigenvalue weighted by Gasteiger charge is -2.15. The van der Waals surface area contributed by atoms with Crippen molar-refractivity contribution in [2.24, 2.45) is 11.3 Å². The lowest BCUT2D eigenvalue weighted by atomic mass is 10.1. The molecular formula is C11H18N4O2. The van der Waals surface area contributed by atoms with E-state index >= 15 is 0 Å². The Morgan fingerprint density at radius 2 is 2.00 bits per heavy atom. The molecule has 2 atom stereocenters. The van der Waals surface area contributed by atoms with Crippen LogP contribution < -0.4 is 0 Å². The minimum atomic E-state index is -0.785. The van der Waals surface area contributed by atoms with Gasteiger partial charge in [-0.25, -0.2) is 0 Å². The van der Waals surface area contributed by atoms with Crippen molar-refractivity contribution in [1.82, 2.24) is 20.2 Å². The standard InChI is InChI=1S/C11H18N4O2/c1-10(2,3)15-13-8(12-14-15)6-7(9(16)17)11(6,4)5/h6-7H,1-5H3,(H,16,17). The Labute approximate surface area is 100 Å². The molecule has 1 aromatic rings. The molecule has 1 aliphatic rings. The van der Waals surface area contributed by atoms with Crippen LogP contribution in [0.2, 0.25) is 0 Å². The van der Waals surface area contributed by atoms with Crippen LogP contribution in [0.15, 0.2) is 0 Å². The highest BCUT2D eigenvalue weighted by Crippen LogP contribution is 2.63. The Balaban J connectivity index is 2.26. The highest BCUT2D eigenvalue weighted by atomic mass is 16.4. The molecule has 2 unspecified atom stereocenters. The summed E-state index contributed by atoms with van der Waals surface area (Å²) in [5.41, 5.74) is -0.513. The zero-order chi connectivity index (χ0) is 13.0. The predicted octanol–water partition coefficient (Wildman–Crippen LogP) is 1.25. The number of carboxylic acids is 1. The maximum atomic E-state index is 11.1. The number of aliphatic carboxylic acids is 1. The molecule has 1 saturated carbocycles. The average molecular weight is 238 g/mol. The summed E-state index contributed by atoms with van der Waals surface area (Å²) in [5.74, 6) is -0.777. The summed E-state index contributed by atoms with van der Waals surface area (Å²) in [6.45, 7) is 9.78. The first-order valence-corrected chi connectivity index (χ1v) is 5.69. The van der Waals surface area contributed by atoms with Gasteiger partial charge in [0.05, 0.1) is 11.5 Å². The van der Waals surface area contributed by atoms with Crippen molar-refractivity contribution in [3.8, 4) is 0 Å². The van der Waals surface area contributed by atoms with E-state index in [0.29, 0.717) is 5.82 Å². The van der Waals surface area contributed by atoms with Crippen LogP contribution in [0.5, 0.6) is 0 Å². The predicted molar refractivity (Wildman–Crippen MR) is 60.5 cm³/mol. The third kappa shape index (κ3) is 1.81. The molecule has 6 nitrogen and oxygen atoms in total. The van der Waals surface area contributed by atoms with Gasteiger partial charge in [-0.3, -0.25) is 4.79 Å². The SMILES string of the molecule is CC1(C)C(C(=O)O)C1c1nnn(C(C)(C)C)n1. The quantitative estimate of drug-likeness (QED) is 0.838. The van der Waals surface area contributed by atoms with Crippen LogP contribution in [0, 0.1) is 11.3 Å². The molecule has 0 amide bonds. The largest absolute Gasteiger partial charge is 0.481 e. The van der Waals surface area contributed by atoms with Gasteiger partial charge in [-0.1, -0.05) is 13.8 Å². The van der Waals surface area contributed by atoms with Gasteiger partial charge in [0.15, 0.2) is 5.82 Å². The van der Waals surface area contributed by atoms with Crippen molar-refractivity contribution >= 4 is 5.97 Å². The normalized spacial score (nSPS) is 26.9. The van der Waals surface area contributed by atoms with Gasteiger partial charge in [0.1, 0.15) is 0 Å². The topological polar surface area (TPSA) is 80.9 Å². The lowest BCUT2D eigenvalue weighted by molar-refractivity contribution is -0.139. The second kappa shape index (κ2) is 3.27. The van der Waals surface area contributed by atoms with Gasteiger partial charge in [0.25, 0.3) is 0 Å². The van der Waals surface area contributed by atoms with Crippen molar-refractivity contribution in [1.29, 1.82) is 0 Å². The van der Waals surface area contributed by atoms with E-state index in [9.17, 15) is 4.79 Å². The number of carbonyl (C=O) groups is 1. The smallest absolute Gasteiger partial charge is 0.307 e. The van der Waals surface area contributed by atoms with E-state index in [4.69, 9.17) is 5.11 Å². The van der Waals surface area contributed by atoms with Gasteiger partial charge in [0.2, 0.25) is 0 Å². The van der Waals surface area contributed by atoms with Gasteiger partial charge in [-0.2, -0.15) is 4.80 Å². The summed E-state index contributed by atoms with van der Waals surface area (Å²) in [4.78, 5) is 12.6. The number of carboxylic acid groups (broad SMARTS) is 1. The second-order valence-corrected chi connectivity index (χ2v) is 6.22. The molecule has 94 valence electrons. The fourth-order valence-corrected chi connectivity index (χ4v) is 2.21. The maximum Gasteiger partial charge on any atom is 0.307 e. The first-order chi connectivity index (χ1) is 7.65. The fourth-order valence-electron chi connectivity index (χ4n) is 2.21. The van der Waals surface area contributed by atoms with E-state index in [2.05, 4.69) is 15.4 Å². The summed E-state index contributed by atoms with van der Waals surface area (Å²) in [6, 6.07) is 0. The second-order valence-electron chi connectivity index (χ2n) is 6.22. The number of hydrogen-bond donors (Lipinski definition) is 1. The zero-order valence-corrected chi connectivity index (χ0v) is 10.8. The first kappa shape index (κ1) is 12.0. The van der Waals surface area contributed by atoms with Gasteiger partial charge in [-0.15, -0.1) is 10.2 Å². The summed E-state index contributed by atoms with van der Waals surface area (Å²) in [7, 11) is 0. The molecule has 0 saturated heterocycles. The molecule has 0 aliphatic heterocycles. The van der Waals surface area contributed by atoms with Crippen molar-refractivity contribution in [3.05, 3.63) is 5.82 Å². The maximum absolute atomic E-state index is 11.1. The monoisotopic (exact) mass is 238 g/mol. The van der Waals surface area contributed by atoms with Crippen molar-refractivity contribution in [2.75, 3.05) is 0 Å². The third-order valence-corrected chi connectivity index (χ3v) is 3.40. The summed E-state index contributed by atoms with van der Waals surface area (Å²) in [5, 5.41) is 21.4. The molecule has 1 fully saturated rings. The number of hydrogen-bond acceptors (Lipinski definition) is 4. The highest BCUT2D eigenvalue weighted by molar-refractivity contribution is 5.77. The third-order valence-electron chi connectivity index (χ3n) is 3.40. The van der Waals surface area contributed by atoms with Crippen LogP contribution in [-0.4, -0.2) is 31.3 Å². The Morgan fingerprint density at radius 1 is 1.41 bits per heavy atom. The molecule has 6 heteroatoms. The van der Waals surface area contributed by atoms with Gasteiger partial charge >= 0.3 is 5.97 Å². The van der Waals surface area contributed by atoms with E-state index in [1.54, 1.807) is 0 Å². The van der Waals surface area contributed by atoms with Crippen LogP contribution in [0.1, 0.15) is 46.4 Å². The number of nitrogens with zero attached hydrogens (tertiary/aromatic N) is 4. The van der Waals surface area contributed by atoms with Gasteiger partial charge in [-0.05, 0) is 31.4 Å². The van der Waals surface area contributed by atoms with E-state index in [1.165, 1.54) is 4.80 Å². The molecule has 0 aromatic carbocycles. The molecule has 17 heavy (non-hydrogen) atoms. The Hall–Kier alpha value is -1.46. The van der Waals surface area contributed by atoms with Crippen molar-refractivity contribution in [3.63, 3.8) is 0 Å². The van der Waals surface area contributed by atoms with E-state index in [-0.39, 0.29) is 16.9 Å². The number of rotatable bonds is 2. The molecule has 1 heterocycles. The Morgan fingerprint density at radius 3 is 2.35 bits per heavy atom. The lowest BCUT2D eigenvalue weighted by Crippen LogP contribution is -2.24. The van der Waals surface area contributed by atoms with Crippen LogP contribution in [-0.2, 0) is 10.3 Å². The van der Waals surface area contributed by atoms with Gasteiger partial charge < -0.3 is 5.11 Å². The summed E-state index contributed by atoms with van der Waals surface area (Å²) < 4.78 is 0. The molecule has 0 spiro atoms. The molecule has 1 aromatic heterocycles. The minimum absolute atomic E-state index is 0.129. The van der Waals surface area contributed by atoms with Crippen molar-refractivity contribution in [2.45, 2.75) is 46.1 Å². The average Bonchev–Trinajstić information content (AvgIpc) is 2.59. The van der Waals surface area contributed by atoms with Crippen LogP contribution in [0.3, 0.4) is 0 Å². The Bertz CT molecular complexity index is 458. The van der Waals surface area contributed by atoms with Crippen molar-refractivity contribution < 1.29 is 9.90 Å². The summed E-state index contributed by atoms with van der Waals surface area (Å²) >= 11 is 0. The molecule has 1 aliphatic carbocycles. The Kier molecular flexibility index (Phi) is 2.31. The minimum Gasteiger partial charge on any atom is -0.481 e. The molecule has 0 bridgehead atoms.